The first kappa shape index (κ1) is 18.3. The molecule has 2 aromatic heterocycles. The molecule has 0 unspecified atom stereocenters. The Morgan fingerprint density at radius 2 is 1.86 bits per heavy atom. The molecule has 2 heterocycles. The summed E-state index contributed by atoms with van der Waals surface area (Å²) in [6, 6.07) is 21.1. The highest BCUT2D eigenvalue weighted by Gasteiger charge is 2.17. The van der Waals surface area contributed by atoms with Crippen LogP contribution in [0.1, 0.15) is 26.5 Å². The fraction of sp³-hybridized carbons (Fsp3) is 0.0455. The van der Waals surface area contributed by atoms with Crippen LogP contribution < -0.4 is 5.43 Å². The minimum absolute atomic E-state index is 0.340. The summed E-state index contributed by atoms with van der Waals surface area (Å²) in [6.07, 6.45) is 1.70. The second-order valence-corrected chi connectivity index (χ2v) is 7.66. The first-order valence-corrected chi connectivity index (χ1v) is 9.86. The molecule has 4 nitrogen and oxygen atoms in total. The molecule has 0 atom stereocenters. The smallest absolute Gasteiger partial charge is 0.266 e. The van der Waals surface area contributed by atoms with Crippen LogP contribution in [0, 0.1) is 6.92 Å². The van der Waals surface area contributed by atoms with Crippen molar-refractivity contribution >= 4 is 44.6 Å². The highest BCUT2D eigenvalue weighted by Crippen LogP contribution is 2.35. The average molecular weight is 406 g/mol. The zero-order valence-corrected chi connectivity index (χ0v) is 16.6. The van der Waals surface area contributed by atoms with Gasteiger partial charge >= 0.3 is 0 Å². The lowest BCUT2D eigenvalue weighted by Gasteiger charge is -2.06. The monoisotopic (exact) mass is 405 g/mol. The SMILES string of the molecule is Cc1ccc2c(Cl)c(C(=O)N/N=C(\c3ccccc3)c3ccccn3)sc2c1. The van der Waals surface area contributed by atoms with Gasteiger partial charge in [0.2, 0.25) is 0 Å². The van der Waals surface area contributed by atoms with Gasteiger partial charge in [-0.3, -0.25) is 9.78 Å². The summed E-state index contributed by atoms with van der Waals surface area (Å²) in [5.41, 5.74) is 5.89. The molecule has 0 bridgehead atoms. The van der Waals surface area contributed by atoms with Crippen molar-refractivity contribution in [2.24, 2.45) is 5.10 Å². The molecule has 28 heavy (non-hydrogen) atoms. The average Bonchev–Trinajstić information content (AvgIpc) is 3.05. The van der Waals surface area contributed by atoms with Crippen LogP contribution >= 0.6 is 22.9 Å². The molecule has 0 aliphatic rings. The van der Waals surface area contributed by atoms with Crippen molar-refractivity contribution in [2.45, 2.75) is 6.92 Å². The first-order chi connectivity index (χ1) is 13.6. The molecule has 0 radical (unpaired) electrons. The molecule has 1 N–H and O–H groups in total. The van der Waals surface area contributed by atoms with Crippen molar-refractivity contribution in [1.29, 1.82) is 0 Å². The predicted octanol–water partition coefficient (Wildman–Crippen LogP) is 5.44. The number of carbonyl (C=O) groups is 1. The van der Waals surface area contributed by atoms with Crippen molar-refractivity contribution in [2.75, 3.05) is 0 Å². The highest BCUT2D eigenvalue weighted by molar-refractivity contribution is 7.21. The van der Waals surface area contributed by atoms with Gasteiger partial charge < -0.3 is 0 Å². The van der Waals surface area contributed by atoms with Crippen molar-refractivity contribution in [1.82, 2.24) is 10.4 Å². The number of aryl methyl sites for hydroxylation is 1. The lowest BCUT2D eigenvalue weighted by atomic mass is 10.1. The number of rotatable bonds is 4. The Hall–Kier alpha value is -3.02. The maximum Gasteiger partial charge on any atom is 0.283 e. The first-order valence-electron chi connectivity index (χ1n) is 8.67. The van der Waals surface area contributed by atoms with Crippen LogP contribution in [0.3, 0.4) is 0 Å². The number of aromatic nitrogens is 1. The van der Waals surface area contributed by atoms with Gasteiger partial charge in [0.15, 0.2) is 0 Å². The molecule has 0 saturated heterocycles. The Kier molecular flexibility index (Phi) is 5.19. The van der Waals surface area contributed by atoms with Crippen LogP contribution in [-0.2, 0) is 0 Å². The van der Waals surface area contributed by atoms with E-state index in [0.29, 0.717) is 21.3 Å². The zero-order chi connectivity index (χ0) is 19.5. The molecule has 0 aliphatic heterocycles. The van der Waals surface area contributed by atoms with Crippen molar-refractivity contribution < 1.29 is 4.79 Å². The number of carbonyl (C=O) groups excluding carboxylic acids is 1. The summed E-state index contributed by atoms with van der Waals surface area (Å²) >= 11 is 7.80. The molecular weight excluding hydrogens is 390 g/mol. The molecule has 0 fully saturated rings. The van der Waals surface area contributed by atoms with Gasteiger partial charge in [-0.05, 0) is 30.7 Å². The number of hydrazone groups is 1. The Labute approximate surface area is 171 Å². The topological polar surface area (TPSA) is 54.4 Å². The Balaban J connectivity index is 1.69. The van der Waals surface area contributed by atoms with Gasteiger partial charge in [0, 0.05) is 21.8 Å². The second-order valence-electron chi connectivity index (χ2n) is 6.23. The van der Waals surface area contributed by atoms with E-state index in [1.54, 1.807) is 6.20 Å². The van der Waals surface area contributed by atoms with E-state index in [2.05, 4.69) is 15.5 Å². The van der Waals surface area contributed by atoms with Crippen molar-refractivity contribution in [3.63, 3.8) is 0 Å². The van der Waals surface area contributed by atoms with E-state index in [9.17, 15) is 4.79 Å². The summed E-state index contributed by atoms with van der Waals surface area (Å²) in [7, 11) is 0. The molecule has 1 amide bonds. The van der Waals surface area contributed by atoms with Crippen LogP contribution in [-0.4, -0.2) is 16.6 Å². The number of hydrogen-bond donors (Lipinski definition) is 1. The fourth-order valence-corrected chi connectivity index (χ4v) is 4.35. The van der Waals surface area contributed by atoms with Crippen LogP contribution in [0.4, 0.5) is 0 Å². The predicted molar refractivity (Wildman–Crippen MR) is 115 cm³/mol. The van der Waals surface area contributed by atoms with Crippen LogP contribution in [0.5, 0.6) is 0 Å². The lowest BCUT2D eigenvalue weighted by Crippen LogP contribution is -2.20. The molecule has 4 aromatic rings. The van der Waals surface area contributed by atoms with Gasteiger partial charge in [0.05, 0.1) is 10.7 Å². The molecule has 0 spiro atoms. The molecule has 0 saturated carbocycles. The van der Waals surface area contributed by atoms with Crippen LogP contribution in [0.15, 0.2) is 78.0 Å². The third kappa shape index (κ3) is 3.67. The number of nitrogens with zero attached hydrogens (tertiary/aromatic N) is 2. The van der Waals surface area contributed by atoms with Gasteiger partial charge in [-0.2, -0.15) is 5.10 Å². The fourth-order valence-electron chi connectivity index (χ4n) is 2.84. The molecule has 2 aromatic carbocycles. The zero-order valence-electron chi connectivity index (χ0n) is 15.0. The third-order valence-corrected chi connectivity index (χ3v) is 5.87. The summed E-state index contributed by atoms with van der Waals surface area (Å²) in [6.45, 7) is 2.01. The van der Waals surface area contributed by atoms with Gasteiger partial charge in [0.1, 0.15) is 10.6 Å². The third-order valence-electron chi connectivity index (χ3n) is 4.22. The molecule has 6 heteroatoms. The maximum absolute atomic E-state index is 12.8. The Bertz CT molecular complexity index is 1130. The lowest BCUT2D eigenvalue weighted by molar-refractivity contribution is 0.0959. The largest absolute Gasteiger partial charge is 0.283 e. The van der Waals surface area contributed by atoms with Crippen molar-refractivity contribution in [3.05, 3.63) is 99.6 Å². The van der Waals surface area contributed by atoms with Gasteiger partial charge in [-0.15, -0.1) is 11.3 Å². The molecule has 138 valence electrons. The number of halogens is 1. The van der Waals surface area contributed by atoms with Gasteiger partial charge in [0.25, 0.3) is 5.91 Å². The summed E-state index contributed by atoms with van der Waals surface area (Å²) in [5.74, 6) is -0.340. The molecule has 4 rings (SSSR count). The Morgan fingerprint density at radius 1 is 1.07 bits per heavy atom. The highest BCUT2D eigenvalue weighted by atomic mass is 35.5. The minimum Gasteiger partial charge on any atom is -0.266 e. The number of pyridine rings is 1. The van der Waals surface area contributed by atoms with Gasteiger partial charge in [-0.25, -0.2) is 5.43 Å². The van der Waals surface area contributed by atoms with E-state index in [-0.39, 0.29) is 5.91 Å². The quantitative estimate of drug-likeness (QED) is 0.363. The van der Waals surface area contributed by atoms with Crippen molar-refractivity contribution in [3.8, 4) is 0 Å². The summed E-state index contributed by atoms with van der Waals surface area (Å²) < 4.78 is 0.979. The summed E-state index contributed by atoms with van der Waals surface area (Å²) in [4.78, 5) is 17.6. The summed E-state index contributed by atoms with van der Waals surface area (Å²) in [5, 5.41) is 5.70. The number of thiophene rings is 1. The van der Waals surface area contributed by atoms with Crippen LogP contribution in [0.25, 0.3) is 10.1 Å². The van der Waals surface area contributed by atoms with E-state index < -0.39 is 0 Å². The van der Waals surface area contributed by atoms with E-state index in [1.807, 2.05) is 73.7 Å². The van der Waals surface area contributed by atoms with E-state index >= 15 is 0 Å². The number of benzene rings is 2. The van der Waals surface area contributed by atoms with Gasteiger partial charge in [-0.1, -0.05) is 60.1 Å². The van der Waals surface area contributed by atoms with E-state index in [0.717, 1.165) is 21.2 Å². The normalized spacial score (nSPS) is 11.6. The standard InChI is InChI=1S/C22H16ClN3OS/c1-14-10-11-16-18(13-14)28-21(19(16)23)22(27)26-25-20(15-7-3-2-4-8-15)17-9-5-6-12-24-17/h2-13H,1H3,(H,26,27)/b25-20+. The number of hydrogen-bond acceptors (Lipinski definition) is 4. The number of amides is 1. The van der Waals surface area contributed by atoms with Crippen LogP contribution in [0.2, 0.25) is 5.02 Å². The number of fused-ring (bicyclic) bond motifs is 1. The minimum atomic E-state index is -0.340. The Morgan fingerprint density at radius 3 is 2.61 bits per heavy atom. The molecule has 0 aliphatic carbocycles. The maximum atomic E-state index is 12.8. The number of nitrogens with one attached hydrogen (secondary N) is 1. The second kappa shape index (κ2) is 7.92. The van der Waals surface area contributed by atoms with E-state index in [1.165, 1.54) is 11.3 Å². The molecular formula is C22H16ClN3OS. The van der Waals surface area contributed by atoms with E-state index in [4.69, 9.17) is 11.6 Å².